The van der Waals surface area contributed by atoms with Crippen LogP contribution in [0.25, 0.3) is 11.1 Å². The number of ether oxygens (including phenoxy) is 6. The first kappa shape index (κ1) is 66.6. The average molecular weight is 1040 g/mol. The van der Waals surface area contributed by atoms with Gasteiger partial charge in [-0.15, -0.1) is 0 Å². The summed E-state index contributed by atoms with van der Waals surface area (Å²) in [6, 6.07) is 6.82. The molecule has 1 aliphatic rings. The molecule has 0 unspecified atom stereocenters. The molecule has 0 fully saturated rings. The lowest BCUT2D eigenvalue weighted by molar-refractivity contribution is -0.143. The third-order valence-electron chi connectivity index (χ3n) is 9.22. The van der Waals surface area contributed by atoms with Crippen LogP contribution in [0, 0.1) is 0 Å². The van der Waals surface area contributed by atoms with Crippen molar-refractivity contribution in [3.8, 4) is 34.1 Å². The number of carboxylic acid groups (broad SMARTS) is 1. The Balaban J connectivity index is 0.00000121. The maximum Gasteiger partial charge on any atom is 0.374 e. The van der Waals surface area contributed by atoms with Crippen LogP contribution in [0.4, 0.5) is 9.59 Å². The molecule has 2 aromatic rings. The molecule has 6 amide bonds. The summed E-state index contributed by atoms with van der Waals surface area (Å²) < 4.78 is 31.6. The lowest BCUT2D eigenvalue weighted by Crippen LogP contribution is -2.41. The van der Waals surface area contributed by atoms with Gasteiger partial charge in [0, 0.05) is 38.7 Å². The number of hydrogen-bond acceptors (Lipinski definition) is 19. The number of aliphatic carboxylic acids is 1. The molecular formula is C45H67B3N8O18. The van der Waals surface area contributed by atoms with Crippen LogP contribution in [0.5, 0.6) is 23.0 Å². The SMILES string of the molecule is CCOC(=O)CCN.COc1cc2c(c(OC)c1OC)-c1ccc(OC(=O)CCNC(=O)CNB(C)O)cc1[C@@H](NC(C)=O)CC2.[B]C(=O)NCC(=O)NCCC(=O)O.[B]C(=O)NCC(=O)NCCC(=O)OCC. The van der Waals surface area contributed by atoms with E-state index in [0.717, 1.165) is 22.3 Å². The number of amides is 6. The van der Waals surface area contributed by atoms with Crippen molar-refractivity contribution in [1.82, 2.24) is 37.1 Å². The number of esters is 3. The second-order valence-electron chi connectivity index (χ2n) is 15.0. The fourth-order valence-corrected chi connectivity index (χ4v) is 6.12. The van der Waals surface area contributed by atoms with Crippen LogP contribution in [0.15, 0.2) is 24.3 Å². The third kappa shape index (κ3) is 29.2. The van der Waals surface area contributed by atoms with E-state index in [1.807, 2.05) is 12.1 Å². The highest BCUT2D eigenvalue weighted by Gasteiger charge is 2.30. The predicted molar refractivity (Wildman–Crippen MR) is 270 cm³/mol. The number of aryl methyl sites for hydroxylation is 1. The zero-order valence-electron chi connectivity index (χ0n) is 42.7. The van der Waals surface area contributed by atoms with Crippen molar-refractivity contribution in [3.05, 3.63) is 35.4 Å². The summed E-state index contributed by atoms with van der Waals surface area (Å²) in [4.78, 5) is 109. The number of nitrogens with one attached hydrogen (secondary N) is 7. The van der Waals surface area contributed by atoms with Gasteiger partial charge in [-0.25, -0.2) is 0 Å². The molecule has 0 spiro atoms. The van der Waals surface area contributed by atoms with Crippen molar-refractivity contribution >= 4 is 81.9 Å². The van der Waals surface area contributed by atoms with Gasteiger partial charge in [0.2, 0.25) is 45.1 Å². The zero-order valence-corrected chi connectivity index (χ0v) is 42.7. The first-order chi connectivity index (χ1) is 35.1. The molecule has 404 valence electrons. The van der Waals surface area contributed by atoms with E-state index in [9.17, 15) is 53.0 Å². The third-order valence-corrected chi connectivity index (χ3v) is 9.22. The van der Waals surface area contributed by atoms with Gasteiger partial charge in [0.05, 0.1) is 85.9 Å². The van der Waals surface area contributed by atoms with Crippen molar-refractivity contribution in [2.75, 3.05) is 80.4 Å². The molecule has 26 nitrogen and oxygen atoms in total. The highest BCUT2D eigenvalue weighted by molar-refractivity contribution is 6.57. The summed E-state index contributed by atoms with van der Waals surface area (Å²) in [5.41, 5.74) is 8.43. The van der Waals surface area contributed by atoms with Gasteiger partial charge in [0.25, 0.3) is 0 Å². The fourth-order valence-electron chi connectivity index (χ4n) is 6.12. The number of nitrogens with two attached hydrogens (primary N) is 1. The van der Waals surface area contributed by atoms with Crippen molar-refractivity contribution in [1.29, 1.82) is 0 Å². The number of carboxylic acids is 1. The molecule has 0 aromatic heterocycles. The lowest BCUT2D eigenvalue weighted by Gasteiger charge is -2.21. The number of methoxy groups -OCH3 is 3. The highest BCUT2D eigenvalue weighted by atomic mass is 16.5. The maximum absolute atomic E-state index is 12.5. The topological polar surface area (TPSA) is 377 Å². The minimum atomic E-state index is -0.997. The quantitative estimate of drug-likeness (QED) is 0.0321. The van der Waals surface area contributed by atoms with E-state index in [4.69, 9.17) is 45.5 Å². The number of carbonyl (C=O) groups excluding carboxylic acids is 9. The van der Waals surface area contributed by atoms with E-state index >= 15 is 0 Å². The van der Waals surface area contributed by atoms with E-state index in [0.29, 0.717) is 62.0 Å². The number of hydrogen-bond donors (Lipinski definition) is 10. The van der Waals surface area contributed by atoms with Crippen LogP contribution in [0.3, 0.4) is 0 Å². The minimum absolute atomic E-state index is 0.0363. The first-order valence-corrected chi connectivity index (χ1v) is 23.0. The molecule has 4 radical (unpaired) electrons. The standard InChI is InChI=1S/C26H34BN3O8.C8H13BN2O4.C6H9BN2O4.C5H11NO2/c1-15(31)30-20-9-6-16-12-21(35-3)25(36-4)26(37-5)24(16)18-8-7-17(13-19(18)20)38-23(33)10-11-28-22(32)14-29-27(2)34;1-2-15-7(13)3-4-10-6(12)5-11-8(9)14;7-6(13)9-3-4(10)8-2-1-5(11)12;1-2-8-5(7)3-4-6/h7-8,12-13,20,29,34H,6,9-11,14H2,1-5H3,(H,28,32)(H,30,31);2-5H2,1H3,(H,10,12)(H,11,14);1-3H2,(H,8,10)(H,9,13)(H,11,12);2-4,6H2,1H3/t20-;;;/m0.../s1. The molecule has 1 atom stereocenters. The molecule has 2 aromatic carbocycles. The number of fused-ring (bicyclic) bond motifs is 3. The molecule has 1 aliphatic carbocycles. The predicted octanol–water partition coefficient (Wildman–Crippen LogP) is -1.10. The average Bonchev–Trinajstić information content (AvgIpc) is 3.47. The molecular weight excluding hydrogens is 973 g/mol. The molecule has 0 heterocycles. The fraction of sp³-hybridized carbons (Fsp3) is 0.511. The first-order valence-electron chi connectivity index (χ1n) is 23.0. The van der Waals surface area contributed by atoms with Crippen molar-refractivity contribution in [2.24, 2.45) is 5.73 Å². The van der Waals surface area contributed by atoms with E-state index in [1.165, 1.54) is 13.7 Å². The lowest BCUT2D eigenvalue weighted by atomic mass is 9.89. The van der Waals surface area contributed by atoms with Gasteiger partial charge in [-0.1, -0.05) is 6.07 Å². The molecule has 11 N–H and O–H groups in total. The molecule has 29 heteroatoms. The summed E-state index contributed by atoms with van der Waals surface area (Å²) in [5, 5.41) is 34.4. The van der Waals surface area contributed by atoms with E-state index in [1.54, 1.807) is 47.3 Å². The van der Waals surface area contributed by atoms with Gasteiger partial charge in [0.15, 0.2) is 23.1 Å². The van der Waals surface area contributed by atoms with E-state index in [2.05, 4.69) is 46.6 Å². The smallest absolute Gasteiger partial charge is 0.374 e. The van der Waals surface area contributed by atoms with Crippen molar-refractivity contribution in [2.45, 2.75) is 72.2 Å². The van der Waals surface area contributed by atoms with Gasteiger partial charge in [0.1, 0.15) is 5.75 Å². The van der Waals surface area contributed by atoms with Crippen LogP contribution in [0.2, 0.25) is 6.82 Å². The maximum atomic E-state index is 12.5. The molecule has 0 saturated carbocycles. The second kappa shape index (κ2) is 38.3. The Labute approximate surface area is 432 Å². The van der Waals surface area contributed by atoms with Gasteiger partial charge in [-0.05, 0) is 68.4 Å². The van der Waals surface area contributed by atoms with Gasteiger partial charge in [-0.3, -0.25) is 47.9 Å². The molecule has 0 saturated heterocycles. The minimum Gasteiger partial charge on any atom is -0.493 e. The van der Waals surface area contributed by atoms with Gasteiger partial charge < -0.3 is 81.4 Å². The van der Waals surface area contributed by atoms with Gasteiger partial charge >= 0.3 is 30.9 Å². The van der Waals surface area contributed by atoms with Crippen LogP contribution in [-0.2, 0) is 54.3 Å². The Bertz CT molecular complexity index is 2180. The normalized spacial score (nSPS) is 11.4. The van der Waals surface area contributed by atoms with Crippen LogP contribution < -0.4 is 61.8 Å². The summed E-state index contributed by atoms with van der Waals surface area (Å²) in [6.45, 7) is 7.37. The molecule has 74 heavy (non-hydrogen) atoms. The van der Waals surface area contributed by atoms with Crippen molar-refractivity contribution < 1.29 is 86.5 Å². The Hall–Kier alpha value is -7.39. The Morgan fingerprint density at radius 2 is 1.22 bits per heavy atom. The molecule has 0 bridgehead atoms. The summed E-state index contributed by atoms with van der Waals surface area (Å²) >= 11 is 0. The molecule has 0 aliphatic heterocycles. The van der Waals surface area contributed by atoms with E-state index < -0.39 is 42.4 Å². The second-order valence-corrected chi connectivity index (χ2v) is 15.0. The van der Waals surface area contributed by atoms with Crippen LogP contribution in [0.1, 0.15) is 70.0 Å². The number of carbonyl (C=O) groups is 10. The number of rotatable bonds is 25. The largest absolute Gasteiger partial charge is 0.493 e. The van der Waals surface area contributed by atoms with Crippen LogP contribution in [-0.4, -0.2) is 172 Å². The Morgan fingerprint density at radius 3 is 1.68 bits per heavy atom. The Morgan fingerprint density at radius 1 is 0.703 bits per heavy atom. The Kier molecular flexibility index (Phi) is 34.4. The van der Waals surface area contributed by atoms with Gasteiger partial charge in [-0.2, -0.15) is 0 Å². The highest BCUT2D eigenvalue weighted by Crippen LogP contribution is 2.51. The summed E-state index contributed by atoms with van der Waals surface area (Å²) in [5.74, 6) is -3.26. The summed E-state index contributed by atoms with van der Waals surface area (Å²) in [6.07, 6.45) is 1.47. The van der Waals surface area contributed by atoms with E-state index in [-0.39, 0.29) is 88.3 Å². The zero-order chi connectivity index (χ0) is 56.2. The molecule has 3 rings (SSSR count). The summed E-state index contributed by atoms with van der Waals surface area (Å²) in [7, 11) is 13.3. The monoisotopic (exact) mass is 1040 g/mol. The van der Waals surface area contributed by atoms with Crippen molar-refractivity contribution in [3.63, 3.8) is 0 Å². The number of benzene rings is 2. The van der Waals surface area contributed by atoms with Crippen LogP contribution >= 0.6 is 0 Å².